The van der Waals surface area contributed by atoms with Gasteiger partial charge < -0.3 is 9.47 Å². The third kappa shape index (κ3) is 3.25. The zero-order valence-corrected chi connectivity index (χ0v) is 11.2. The summed E-state index contributed by atoms with van der Waals surface area (Å²) in [4.78, 5) is 4.56. The highest BCUT2D eigenvalue weighted by Crippen LogP contribution is 2.12. The van der Waals surface area contributed by atoms with E-state index in [9.17, 15) is 0 Å². The van der Waals surface area contributed by atoms with Crippen LogP contribution in [0.2, 0.25) is 0 Å². The van der Waals surface area contributed by atoms with Crippen LogP contribution in [0.5, 0.6) is 0 Å². The van der Waals surface area contributed by atoms with Crippen LogP contribution in [0.3, 0.4) is 0 Å². The van der Waals surface area contributed by atoms with Crippen molar-refractivity contribution in [2.24, 2.45) is 4.99 Å². The molecule has 1 aliphatic heterocycles. The second-order valence-electron chi connectivity index (χ2n) is 4.77. The summed E-state index contributed by atoms with van der Waals surface area (Å²) < 4.78 is 11.3. The first-order chi connectivity index (χ1) is 9.92. The van der Waals surface area contributed by atoms with Gasteiger partial charge in [0, 0.05) is 5.56 Å². The highest BCUT2D eigenvalue weighted by molar-refractivity contribution is 5.95. The van der Waals surface area contributed by atoms with E-state index >= 15 is 0 Å². The molecular formula is C17H17NO2. The molecule has 0 saturated carbocycles. The van der Waals surface area contributed by atoms with Crippen molar-refractivity contribution in [1.82, 2.24) is 0 Å². The molecule has 0 spiro atoms. The lowest BCUT2D eigenvalue weighted by atomic mass is 10.2. The Bertz CT molecular complexity index is 566. The molecule has 1 atom stereocenters. The van der Waals surface area contributed by atoms with Crippen molar-refractivity contribution in [2.75, 3.05) is 13.2 Å². The van der Waals surface area contributed by atoms with Crippen LogP contribution in [0.4, 0.5) is 0 Å². The summed E-state index contributed by atoms with van der Waals surface area (Å²) in [6.45, 7) is 1.80. The van der Waals surface area contributed by atoms with E-state index in [0.29, 0.717) is 19.8 Å². The molecule has 0 N–H and O–H groups in total. The number of benzene rings is 2. The van der Waals surface area contributed by atoms with Gasteiger partial charge >= 0.3 is 0 Å². The Morgan fingerprint density at radius 2 is 1.70 bits per heavy atom. The van der Waals surface area contributed by atoms with E-state index < -0.39 is 0 Å². The van der Waals surface area contributed by atoms with Gasteiger partial charge in [-0.05, 0) is 17.7 Å². The van der Waals surface area contributed by atoms with E-state index in [1.54, 1.807) is 0 Å². The van der Waals surface area contributed by atoms with E-state index in [-0.39, 0.29) is 6.04 Å². The van der Waals surface area contributed by atoms with Crippen molar-refractivity contribution >= 4 is 5.90 Å². The monoisotopic (exact) mass is 267 g/mol. The Morgan fingerprint density at radius 3 is 2.45 bits per heavy atom. The van der Waals surface area contributed by atoms with Crippen molar-refractivity contribution < 1.29 is 9.47 Å². The average molecular weight is 267 g/mol. The van der Waals surface area contributed by atoms with Crippen molar-refractivity contribution in [1.29, 1.82) is 0 Å². The fourth-order valence-corrected chi connectivity index (χ4v) is 2.13. The summed E-state index contributed by atoms with van der Waals surface area (Å²) in [5, 5.41) is 0. The van der Waals surface area contributed by atoms with Crippen LogP contribution in [0.25, 0.3) is 0 Å². The molecule has 2 aromatic carbocycles. The fraction of sp³-hybridized carbons (Fsp3) is 0.235. The van der Waals surface area contributed by atoms with Crippen molar-refractivity contribution in [3.63, 3.8) is 0 Å². The van der Waals surface area contributed by atoms with Gasteiger partial charge in [0.05, 0.1) is 13.2 Å². The molecule has 3 nitrogen and oxygen atoms in total. The smallest absolute Gasteiger partial charge is 0.216 e. The fourth-order valence-electron chi connectivity index (χ4n) is 2.13. The van der Waals surface area contributed by atoms with E-state index in [0.717, 1.165) is 11.5 Å². The summed E-state index contributed by atoms with van der Waals surface area (Å²) in [6.07, 6.45) is 0. The quantitative estimate of drug-likeness (QED) is 0.833. The maximum atomic E-state index is 5.70. The number of rotatable bonds is 5. The van der Waals surface area contributed by atoms with Gasteiger partial charge in [-0.1, -0.05) is 48.5 Å². The minimum absolute atomic E-state index is 0.0916. The van der Waals surface area contributed by atoms with E-state index in [1.165, 1.54) is 5.56 Å². The normalized spacial score (nSPS) is 17.6. The first-order valence-corrected chi connectivity index (χ1v) is 6.79. The topological polar surface area (TPSA) is 30.8 Å². The molecule has 20 heavy (non-hydrogen) atoms. The molecule has 102 valence electrons. The molecule has 1 heterocycles. The summed E-state index contributed by atoms with van der Waals surface area (Å²) in [5.74, 6) is 0.721. The van der Waals surface area contributed by atoms with Gasteiger partial charge in [0.25, 0.3) is 0 Å². The largest absolute Gasteiger partial charge is 0.475 e. The lowest BCUT2D eigenvalue weighted by Gasteiger charge is -2.06. The van der Waals surface area contributed by atoms with Crippen LogP contribution in [-0.2, 0) is 16.1 Å². The van der Waals surface area contributed by atoms with Gasteiger partial charge in [-0.25, -0.2) is 4.99 Å². The number of hydrogen-bond donors (Lipinski definition) is 0. The van der Waals surface area contributed by atoms with Crippen molar-refractivity contribution in [2.45, 2.75) is 12.6 Å². The Morgan fingerprint density at radius 1 is 1.00 bits per heavy atom. The Labute approximate surface area is 118 Å². The summed E-state index contributed by atoms with van der Waals surface area (Å²) >= 11 is 0. The highest BCUT2D eigenvalue weighted by atomic mass is 16.5. The van der Waals surface area contributed by atoms with Crippen LogP contribution in [0, 0.1) is 0 Å². The molecule has 0 saturated heterocycles. The molecule has 0 radical (unpaired) electrons. The Kier molecular flexibility index (Phi) is 4.09. The van der Waals surface area contributed by atoms with Gasteiger partial charge in [-0.3, -0.25) is 0 Å². The van der Waals surface area contributed by atoms with Crippen LogP contribution >= 0.6 is 0 Å². The molecule has 2 aromatic rings. The minimum atomic E-state index is 0.0916. The maximum absolute atomic E-state index is 5.70. The maximum Gasteiger partial charge on any atom is 0.216 e. The van der Waals surface area contributed by atoms with Crippen molar-refractivity contribution in [3.8, 4) is 0 Å². The van der Waals surface area contributed by atoms with E-state index in [1.807, 2.05) is 48.5 Å². The SMILES string of the molecule is c1ccc(COCC2COC(c3ccccc3)=N2)cc1. The average Bonchev–Trinajstić information content (AvgIpc) is 2.98. The van der Waals surface area contributed by atoms with Crippen LogP contribution in [0.15, 0.2) is 65.7 Å². The molecule has 3 heteroatoms. The van der Waals surface area contributed by atoms with Crippen LogP contribution < -0.4 is 0 Å². The van der Waals surface area contributed by atoms with Gasteiger partial charge in [-0.15, -0.1) is 0 Å². The standard InChI is InChI=1S/C17H17NO2/c1-3-7-14(8-4-1)11-19-12-16-13-20-17(18-16)15-9-5-2-6-10-15/h1-10,16H,11-13H2. The highest BCUT2D eigenvalue weighted by Gasteiger charge is 2.19. The minimum Gasteiger partial charge on any atom is -0.475 e. The molecule has 0 bridgehead atoms. The first-order valence-electron chi connectivity index (χ1n) is 6.79. The predicted octanol–water partition coefficient (Wildman–Crippen LogP) is 3.05. The second-order valence-corrected chi connectivity index (χ2v) is 4.77. The molecule has 3 rings (SSSR count). The number of ether oxygens (including phenoxy) is 2. The van der Waals surface area contributed by atoms with E-state index in [2.05, 4.69) is 17.1 Å². The van der Waals surface area contributed by atoms with Gasteiger partial charge in [0.1, 0.15) is 12.6 Å². The molecule has 0 aromatic heterocycles. The number of hydrogen-bond acceptors (Lipinski definition) is 3. The molecule has 0 aliphatic carbocycles. The molecular weight excluding hydrogens is 250 g/mol. The molecule has 1 aliphatic rings. The number of aliphatic imine (C=N–C) groups is 1. The third-order valence-corrected chi connectivity index (χ3v) is 3.15. The Hall–Kier alpha value is -2.13. The van der Waals surface area contributed by atoms with Crippen molar-refractivity contribution in [3.05, 3.63) is 71.8 Å². The van der Waals surface area contributed by atoms with E-state index in [4.69, 9.17) is 9.47 Å². The summed E-state index contributed by atoms with van der Waals surface area (Å²) in [6, 6.07) is 20.2. The number of nitrogens with zero attached hydrogens (tertiary/aromatic N) is 1. The lowest BCUT2D eigenvalue weighted by molar-refractivity contribution is 0.101. The zero-order chi connectivity index (χ0) is 13.6. The predicted molar refractivity (Wildman–Crippen MR) is 78.8 cm³/mol. The third-order valence-electron chi connectivity index (χ3n) is 3.15. The lowest BCUT2D eigenvalue weighted by Crippen LogP contribution is -2.14. The summed E-state index contributed by atoms with van der Waals surface area (Å²) in [5.41, 5.74) is 2.21. The van der Waals surface area contributed by atoms with Gasteiger partial charge in [0.2, 0.25) is 5.90 Å². The van der Waals surface area contributed by atoms with Gasteiger partial charge in [0.15, 0.2) is 0 Å². The van der Waals surface area contributed by atoms with Crippen LogP contribution in [0.1, 0.15) is 11.1 Å². The summed E-state index contributed by atoms with van der Waals surface area (Å²) in [7, 11) is 0. The zero-order valence-electron chi connectivity index (χ0n) is 11.2. The van der Waals surface area contributed by atoms with Gasteiger partial charge in [-0.2, -0.15) is 0 Å². The first kappa shape index (κ1) is 12.9. The second kappa shape index (κ2) is 6.35. The van der Waals surface area contributed by atoms with Crippen LogP contribution in [-0.4, -0.2) is 25.2 Å². The molecule has 0 fully saturated rings. The molecule has 1 unspecified atom stereocenters. The molecule has 0 amide bonds. The Balaban J connectivity index is 1.51.